The third-order valence-electron chi connectivity index (χ3n) is 3.21. The van der Waals surface area contributed by atoms with E-state index in [0.717, 1.165) is 19.5 Å². The largest absolute Gasteiger partial charge is 0.423 e. The zero-order valence-electron chi connectivity index (χ0n) is 10.8. The Balaban J connectivity index is 1.75. The maximum absolute atomic E-state index is 10.7. The Bertz CT molecular complexity index is 677. The average molecular weight is 274 g/mol. The maximum atomic E-state index is 10.7. The molecule has 0 aliphatic carbocycles. The van der Waals surface area contributed by atoms with E-state index in [9.17, 15) is 10.1 Å². The van der Waals surface area contributed by atoms with Crippen LogP contribution in [0.5, 0.6) is 0 Å². The van der Waals surface area contributed by atoms with Gasteiger partial charge in [-0.15, -0.1) is 0 Å². The molecular weight excluding hydrogens is 260 g/mol. The molecule has 1 aromatic carbocycles. The number of hydrogen-bond acceptors (Lipinski definition) is 6. The Morgan fingerprint density at radius 1 is 1.50 bits per heavy atom. The van der Waals surface area contributed by atoms with E-state index in [-0.39, 0.29) is 5.69 Å². The first-order valence-electron chi connectivity index (χ1n) is 6.40. The minimum Gasteiger partial charge on any atom is -0.423 e. The standard InChI is InChI=1S/C13H14N4O3/c18-17(19)10-1-2-11-12(7-10)20-13(16-11)15-8-9-3-5-14-6-4-9/h1-3,7,14H,4-6,8H2,(H,15,16). The predicted octanol–water partition coefficient (Wildman–Crippen LogP) is 2.07. The lowest BCUT2D eigenvalue weighted by molar-refractivity contribution is -0.384. The second kappa shape index (κ2) is 5.30. The highest BCUT2D eigenvalue weighted by atomic mass is 16.6. The number of nitrogens with zero attached hydrogens (tertiary/aromatic N) is 2. The number of non-ortho nitro benzene ring substituents is 1. The van der Waals surface area contributed by atoms with Crippen molar-refractivity contribution in [2.24, 2.45) is 0 Å². The number of hydrogen-bond donors (Lipinski definition) is 2. The van der Waals surface area contributed by atoms with Gasteiger partial charge in [-0.3, -0.25) is 10.1 Å². The van der Waals surface area contributed by atoms with Crippen LogP contribution < -0.4 is 10.6 Å². The van der Waals surface area contributed by atoms with Gasteiger partial charge in [-0.2, -0.15) is 4.98 Å². The second-order valence-electron chi connectivity index (χ2n) is 4.60. The predicted molar refractivity (Wildman–Crippen MR) is 74.7 cm³/mol. The quantitative estimate of drug-likeness (QED) is 0.503. The van der Waals surface area contributed by atoms with Gasteiger partial charge in [0.1, 0.15) is 5.52 Å². The van der Waals surface area contributed by atoms with E-state index in [1.54, 1.807) is 6.07 Å². The van der Waals surface area contributed by atoms with Crippen molar-refractivity contribution >= 4 is 22.8 Å². The van der Waals surface area contributed by atoms with Gasteiger partial charge in [0.15, 0.2) is 5.58 Å². The molecular formula is C13H14N4O3. The van der Waals surface area contributed by atoms with Crippen LogP contribution in [0.15, 0.2) is 34.3 Å². The van der Waals surface area contributed by atoms with Crippen LogP contribution in [0.4, 0.5) is 11.7 Å². The van der Waals surface area contributed by atoms with Crippen molar-refractivity contribution in [3.8, 4) is 0 Å². The highest BCUT2D eigenvalue weighted by molar-refractivity contribution is 5.77. The summed E-state index contributed by atoms with van der Waals surface area (Å²) >= 11 is 0. The third kappa shape index (κ3) is 2.62. The van der Waals surface area contributed by atoms with Gasteiger partial charge in [-0.05, 0) is 19.0 Å². The fourth-order valence-corrected chi connectivity index (χ4v) is 2.12. The molecule has 3 rings (SSSR count). The van der Waals surface area contributed by atoms with Gasteiger partial charge in [0.2, 0.25) is 0 Å². The van der Waals surface area contributed by atoms with Crippen molar-refractivity contribution in [1.29, 1.82) is 0 Å². The van der Waals surface area contributed by atoms with Crippen LogP contribution in [-0.2, 0) is 0 Å². The van der Waals surface area contributed by atoms with Crippen molar-refractivity contribution < 1.29 is 9.34 Å². The second-order valence-corrected chi connectivity index (χ2v) is 4.60. The summed E-state index contributed by atoms with van der Waals surface area (Å²) in [6.45, 7) is 2.54. The van der Waals surface area contributed by atoms with Crippen molar-refractivity contribution in [2.45, 2.75) is 6.42 Å². The van der Waals surface area contributed by atoms with Gasteiger partial charge in [0.25, 0.3) is 11.7 Å². The molecule has 0 amide bonds. The van der Waals surface area contributed by atoms with E-state index in [4.69, 9.17) is 4.42 Å². The molecule has 1 aliphatic heterocycles. The van der Waals surface area contributed by atoms with Gasteiger partial charge in [0, 0.05) is 19.2 Å². The number of oxazole rings is 1. The Morgan fingerprint density at radius 3 is 3.15 bits per heavy atom. The van der Waals surface area contributed by atoms with E-state index < -0.39 is 4.92 Å². The summed E-state index contributed by atoms with van der Waals surface area (Å²) in [7, 11) is 0. The number of anilines is 1. The van der Waals surface area contributed by atoms with Crippen molar-refractivity contribution in [3.63, 3.8) is 0 Å². The first-order chi connectivity index (χ1) is 9.72. The molecule has 20 heavy (non-hydrogen) atoms. The summed E-state index contributed by atoms with van der Waals surface area (Å²) in [6.07, 6.45) is 3.14. The van der Waals surface area contributed by atoms with E-state index >= 15 is 0 Å². The maximum Gasteiger partial charge on any atom is 0.295 e. The van der Waals surface area contributed by atoms with Crippen LogP contribution in [0, 0.1) is 10.1 Å². The van der Waals surface area contributed by atoms with Crippen molar-refractivity contribution in [2.75, 3.05) is 25.0 Å². The van der Waals surface area contributed by atoms with Crippen LogP contribution in [0.1, 0.15) is 6.42 Å². The molecule has 7 heteroatoms. The SMILES string of the molecule is O=[N+]([O-])c1ccc2nc(NCC3=CCNCC3)oc2c1. The monoisotopic (exact) mass is 274 g/mol. The van der Waals surface area contributed by atoms with Gasteiger partial charge in [-0.1, -0.05) is 11.6 Å². The zero-order chi connectivity index (χ0) is 13.9. The number of nitro groups is 1. The molecule has 0 bridgehead atoms. The fraction of sp³-hybridized carbons (Fsp3) is 0.308. The molecule has 2 aromatic rings. The third-order valence-corrected chi connectivity index (χ3v) is 3.21. The molecule has 0 saturated heterocycles. The summed E-state index contributed by atoms with van der Waals surface area (Å²) in [5.41, 5.74) is 2.33. The Morgan fingerprint density at radius 2 is 2.40 bits per heavy atom. The van der Waals surface area contributed by atoms with Gasteiger partial charge in [0.05, 0.1) is 11.0 Å². The van der Waals surface area contributed by atoms with Gasteiger partial charge in [-0.25, -0.2) is 0 Å². The van der Waals surface area contributed by atoms with Gasteiger partial charge < -0.3 is 15.1 Å². The molecule has 0 fully saturated rings. The number of rotatable bonds is 4. The molecule has 0 spiro atoms. The Hall–Kier alpha value is -2.41. The van der Waals surface area contributed by atoms with Crippen LogP contribution in [0.2, 0.25) is 0 Å². The average Bonchev–Trinajstić information content (AvgIpc) is 2.88. The molecule has 1 aromatic heterocycles. The molecule has 0 atom stereocenters. The summed E-state index contributed by atoms with van der Waals surface area (Å²) in [6, 6.07) is 4.78. The normalized spacial score (nSPS) is 15.1. The number of nitro benzene ring substituents is 1. The van der Waals surface area contributed by atoms with Crippen LogP contribution >= 0.6 is 0 Å². The molecule has 2 N–H and O–H groups in total. The van der Waals surface area contributed by atoms with Crippen LogP contribution in [0.25, 0.3) is 11.1 Å². The Kier molecular flexibility index (Phi) is 3.34. The Labute approximate surface area is 114 Å². The van der Waals surface area contributed by atoms with E-state index in [2.05, 4.69) is 21.7 Å². The van der Waals surface area contributed by atoms with Crippen LogP contribution in [-0.4, -0.2) is 29.5 Å². The highest BCUT2D eigenvalue weighted by Gasteiger charge is 2.12. The number of nitrogens with one attached hydrogen (secondary N) is 2. The van der Waals surface area contributed by atoms with E-state index in [1.807, 2.05) is 0 Å². The van der Waals surface area contributed by atoms with E-state index in [1.165, 1.54) is 17.7 Å². The number of benzene rings is 1. The summed E-state index contributed by atoms with van der Waals surface area (Å²) in [5.74, 6) is 0. The molecule has 104 valence electrons. The highest BCUT2D eigenvalue weighted by Crippen LogP contribution is 2.23. The molecule has 0 unspecified atom stereocenters. The lowest BCUT2D eigenvalue weighted by Gasteiger charge is -2.13. The van der Waals surface area contributed by atoms with E-state index in [0.29, 0.717) is 23.7 Å². The molecule has 1 aliphatic rings. The zero-order valence-corrected chi connectivity index (χ0v) is 10.8. The smallest absolute Gasteiger partial charge is 0.295 e. The van der Waals surface area contributed by atoms with Gasteiger partial charge >= 0.3 is 0 Å². The lowest BCUT2D eigenvalue weighted by atomic mass is 10.1. The molecule has 2 heterocycles. The number of fused-ring (bicyclic) bond motifs is 1. The molecule has 0 saturated carbocycles. The van der Waals surface area contributed by atoms with Crippen LogP contribution in [0.3, 0.4) is 0 Å². The van der Waals surface area contributed by atoms with Crippen molar-refractivity contribution in [3.05, 3.63) is 40.0 Å². The first kappa shape index (κ1) is 12.6. The summed E-state index contributed by atoms with van der Waals surface area (Å²) in [5, 5.41) is 17.1. The lowest BCUT2D eigenvalue weighted by Crippen LogP contribution is -2.23. The summed E-state index contributed by atoms with van der Waals surface area (Å²) < 4.78 is 5.48. The molecule has 0 radical (unpaired) electrons. The summed E-state index contributed by atoms with van der Waals surface area (Å²) in [4.78, 5) is 14.5. The first-order valence-corrected chi connectivity index (χ1v) is 6.40. The topological polar surface area (TPSA) is 93.2 Å². The fourth-order valence-electron chi connectivity index (χ4n) is 2.12. The number of aromatic nitrogens is 1. The van der Waals surface area contributed by atoms with Crippen molar-refractivity contribution in [1.82, 2.24) is 10.3 Å². The molecule has 7 nitrogen and oxygen atoms in total. The minimum absolute atomic E-state index is 0.00117. The minimum atomic E-state index is -0.450.